The minimum absolute atomic E-state index is 0.0715. The van der Waals surface area contributed by atoms with Crippen LogP contribution in [0, 0.1) is 6.92 Å². The van der Waals surface area contributed by atoms with Crippen molar-refractivity contribution in [3.8, 4) is 0 Å². The first kappa shape index (κ1) is 16.4. The monoisotopic (exact) mass is 294 g/mol. The zero-order valence-electron chi connectivity index (χ0n) is 12.7. The maximum atomic E-state index is 11.5. The van der Waals surface area contributed by atoms with E-state index in [0.29, 0.717) is 10.7 Å². The van der Waals surface area contributed by atoms with Crippen molar-refractivity contribution in [1.82, 2.24) is 5.32 Å². The van der Waals surface area contributed by atoms with Crippen LogP contribution in [0.1, 0.15) is 43.1 Å². The number of methoxy groups -OCH3 is 1. The number of rotatable bonds is 4. The van der Waals surface area contributed by atoms with Crippen LogP contribution < -0.4 is 10.6 Å². The van der Waals surface area contributed by atoms with Gasteiger partial charge in [0.2, 0.25) is 0 Å². The van der Waals surface area contributed by atoms with Crippen molar-refractivity contribution < 1.29 is 9.53 Å². The molecule has 0 aromatic heterocycles. The van der Waals surface area contributed by atoms with Crippen LogP contribution in [0.2, 0.25) is 0 Å². The maximum Gasteiger partial charge on any atom is 0.337 e. The molecule has 0 heterocycles. The molecule has 0 unspecified atom stereocenters. The summed E-state index contributed by atoms with van der Waals surface area (Å²) in [7, 11) is 1.37. The van der Waals surface area contributed by atoms with E-state index in [0.717, 1.165) is 17.7 Å². The number of benzene rings is 1. The van der Waals surface area contributed by atoms with Crippen molar-refractivity contribution >= 4 is 29.0 Å². The molecule has 0 saturated heterocycles. The number of thiocarbonyl (C=S) groups is 1. The first-order valence-electron chi connectivity index (χ1n) is 6.57. The van der Waals surface area contributed by atoms with Crippen LogP contribution in [0.15, 0.2) is 18.2 Å². The van der Waals surface area contributed by atoms with E-state index in [9.17, 15) is 4.79 Å². The van der Waals surface area contributed by atoms with Crippen LogP contribution in [0.25, 0.3) is 0 Å². The molecule has 0 atom stereocenters. The van der Waals surface area contributed by atoms with Crippen LogP contribution in [-0.4, -0.2) is 23.7 Å². The topological polar surface area (TPSA) is 50.4 Å². The zero-order valence-corrected chi connectivity index (χ0v) is 13.5. The Hall–Kier alpha value is -1.62. The van der Waals surface area contributed by atoms with Crippen LogP contribution in [0.3, 0.4) is 0 Å². The molecule has 110 valence electrons. The Balaban J connectivity index is 2.86. The highest BCUT2D eigenvalue weighted by Crippen LogP contribution is 2.18. The third-order valence-corrected chi connectivity index (χ3v) is 3.45. The van der Waals surface area contributed by atoms with E-state index in [1.54, 1.807) is 12.1 Å². The lowest BCUT2D eigenvalue weighted by Gasteiger charge is -2.26. The average molecular weight is 294 g/mol. The van der Waals surface area contributed by atoms with E-state index in [-0.39, 0.29) is 11.5 Å². The third kappa shape index (κ3) is 4.49. The van der Waals surface area contributed by atoms with Crippen LogP contribution in [-0.2, 0) is 4.74 Å². The molecule has 0 aliphatic carbocycles. The Morgan fingerprint density at radius 1 is 1.40 bits per heavy atom. The molecule has 0 amide bonds. The Labute approximate surface area is 125 Å². The molecule has 0 fully saturated rings. The summed E-state index contributed by atoms with van der Waals surface area (Å²) < 4.78 is 4.72. The number of carbonyl (C=O) groups is 1. The fraction of sp³-hybridized carbons (Fsp3) is 0.467. The van der Waals surface area contributed by atoms with Gasteiger partial charge in [-0.3, -0.25) is 0 Å². The third-order valence-electron chi connectivity index (χ3n) is 3.24. The normalized spacial score (nSPS) is 10.8. The number of carbonyl (C=O) groups excluding carboxylic acids is 1. The average Bonchev–Trinajstić information content (AvgIpc) is 2.39. The van der Waals surface area contributed by atoms with Crippen LogP contribution in [0.4, 0.5) is 5.69 Å². The molecule has 1 aromatic carbocycles. The molecule has 1 rings (SSSR count). The largest absolute Gasteiger partial charge is 0.465 e. The minimum atomic E-state index is -0.360. The maximum absolute atomic E-state index is 11.5. The Morgan fingerprint density at radius 2 is 2.05 bits per heavy atom. The van der Waals surface area contributed by atoms with Gasteiger partial charge in [-0.15, -0.1) is 0 Å². The minimum Gasteiger partial charge on any atom is -0.465 e. The molecule has 0 aliphatic rings. The van der Waals surface area contributed by atoms with Gasteiger partial charge in [0, 0.05) is 11.2 Å². The molecular weight excluding hydrogens is 272 g/mol. The summed E-state index contributed by atoms with van der Waals surface area (Å²) in [6.45, 7) is 8.22. The van der Waals surface area contributed by atoms with Gasteiger partial charge in [0.25, 0.3) is 0 Å². The SMILES string of the molecule is CCC(C)(C)NC(=S)Nc1cc(C(=O)OC)ccc1C. The van der Waals surface area contributed by atoms with Crippen LogP contribution in [0.5, 0.6) is 0 Å². The van der Waals surface area contributed by atoms with E-state index in [1.807, 2.05) is 13.0 Å². The molecule has 0 saturated carbocycles. The second-order valence-electron chi connectivity index (χ2n) is 5.34. The molecule has 0 radical (unpaired) electrons. The first-order chi connectivity index (χ1) is 9.29. The van der Waals surface area contributed by atoms with Gasteiger partial charge in [0.15, 0.2) is 5.11 Å². The van der Waals surface area contributed by atoms with Crippen molar-refractivity contribution in [3.63, 3.8) is 0 Å². The standard InChI is InChI=1S/C15H22N2O2S/c1-6-15(3,4)17-14(20)16-12-9-11(13(18)19-5)8-7-10(12)2/h7-9H,6H2,1-5H3,(H2,16,17,20). The summed E-state index contributed by atoms with van der Waals surface area (Å²) in [4.78, 5) is 11.5. The van der Waals surface area contributed by atoms with Crippen LogP contribution >= 0.6 is 12.2 Å². The van der Waals surface area contributed by atoms with Crippen molar-refractivity contribution in [2.45, 2.75) is 39.7 Å². The summed E-state index contributed by atoms with van der Waals surface area (Å²) in [5.74, 6) is -0.360. The summed E-state index contributed by atoms with van der Waals surface area (Å²) in [5, 5.41) is 6.92. The van der Waals surface area contributed by atoms with E-state index < -0.39 is 0 Å². The number of aryl methyl sites for hydroxylation is 1. The molecule has 20 heavy (non-hydrogen) atoms. The molecule has 4 nitrogen and oxygen atoms in total. The van der Waals surface area contributed by atoms with Gasteiger partial charge in [0.05, 0.1) is 12.7 Å². The molecule has 5 heteroatoms. The number of hydrogen-bond donors (Lipinski definition) is 2. The summed E-state index contributed by atoms with van der Waals surface area (Å²) in [5.41, 5.74) is 2.24. The number of hydrogen-bond acceptors (Lipinski definition) is 3. The van der Waals surface area contributed by atoms with E-state index in [2.05, 4.69) is 31.4 Å². The predicted octanol–water partition coefficient (Wildman–Crippen LogP) is 3.26. The Morgan fingerprint density at radius 3 is 2.60 bits per heavy atom. The number of nitrogens with one attached hydrogen (secondary N) is 2. The molecule has 2 N–H and O–H groups in total. The summed E-state index contributed by atoms with van der Waals surface area (Å²) >= 11 is 5.31. The van der Waals surface area contributed by atoms with Gasteiger partial charge in [-0.05, 0) is 57.1 Å². The Kier molecular flexibility index (Phi) is 5.51. The van der Waals surface area contributed by atoms with Gasteiger partial charge in [0.1, 0.15) is 0 Å². The highest BCUT2D eigenvalue weighted by molar-refractivity contribution is 7.80. The Bertz CT molecular complexity index is 513. The lowest BCUT2D eigenvalue weighted by molar-refractivity contribution is 0.0601. The van der Waals surface area contributed by atoms with Crippen molar-refractivity contribution in [2.24, 2.45) is 0 Å². The van der Waals surface area contributed by atoms with Crippen molar-refractivity contribution in [1.29, 1.82) is 0 Å². The summed E-state index contributed by atoms with van der Waals surface area (Å²) in [6, 6.07) is 5.34. The fourth-order valence-corrected chi connectivity index (χ4v) is 1.94. The second-order valence-corrected chi connectivity index (χ2v) is 5.75. The van der Waals surface area contributed by atoms with Crippen molar-refractivity contribution in [2.75, 3.05) is 12.4 Å². The lowest BCUT2D eigenvalue weighted by atomic mass is 10.0. The predicted molar refractivity (Wildman–Crippen MR) is 86.2 cm³/mol. The highest BCUT2D eigenvalue weighted by atomic mass is 32.1. The summed E-state index contributed by atoms with van der Waals surface area (Å²) in [6.07, 6.45) is 0.954. The van der Waals surface area contributed by atoms with E-state index in [1.165, 1.54) is 7.11 Å². The lowest BCUT2D eigenvalue weighted by Crippen LogP contribution is -2.44. The smallest absolute Gasteiger partial charge is 0.337 e. The number of ether oxygens (including phenoxy) is 1. The van der Waals surface area contributed by atoms with Gasteiger partial charge in [-0.1, -0.05) is 13.0 Å². The fourth-order valence-electron chi connectivity index (χ4n) is 1.55. The van der Waals surface area contributed by atoms with E-state index >= 15 is 0 Å². The van der Waals surface area contributed by atoms with Gasteiger partial charge >= 0.3 is 5.97 Å². The highest BCUT2D eigenvalue weighted by Gasteiger charge is 2.16. The molecule has 0 bridgehead atoms. The van der Waals surface area contributed by atoms with Crippen molar-refractivity contribution in [3.05, 3.63) is 29.3 Å². The molecule has 0 spiro atoms. The quantitative estimate of drug-likeness (QED) is 0.659. The van der Waals surface area contributed by atoms with Gasteiger partial charge in [-0.25, -0.2) is 4.79 Å². The zero-order chi connectivity index (χ0) is 15.3. The number of anilines is 1. The molecular formula is C15H22N2O2S. The molecule has 1 aromatic rings. The first-order valence-corrected chi connectivity index (χ1v) is 6.98. The second kappa shape index (κ2) is 6.70. The number of esters is 1. The molecule has 0 aliphatic heterocycles. The van der Waals surface area contributed by atoms with Gasteiger partial charge < -0.3 is 15.4 Å². The van der Waals surface area contributed by atoms with E-state index in [4.69, 9.17) is 17.0 Å². The van der Waals surface area contributed by atoms with Gasteiger partial charge in [-0.2, -0.15) is 0 Å².